The average Bonchev–Trinajstić information content (AvgIpc) is 3.15. The highest BCUT2D eigenvalue weighted by molar-refractivity contribution is 8.04. The molecule has 2 aromatic carbocycles. The second kappa shape index (κ2) is 6.52. The third-order valence-corrected chi connectivity index (χ3v) is 6.04. The van der Waals surface area contributed by atoms with Crippen molar-refractivity contribution in [1.82, 2.24) is 4.90 Å². The van der Waals surface area contributed by atoms with Gasteiger partial charge in [-0.15, -0.1) is 0 Å². The fraction of sp³-hybridized carbons (Fsp3) is 0.238. The van der Waals surface area contributed by atoms with E-state index in [9.17, 15) is 9.59 Å². The lowest BCUT2D eigenvalue weighted by Crippen LogP contribution is -2.32. The first kappa shape index (κ1) is 16.2. The monoisotopic (exact) mass is 349 g/mol. The summed E-state index contributed by atoms with van der Waals surface area (Å²) in [5.74, 6) is -0.0569. The van der Waals surface area contributed by atoms with E-state index >= 15 is 0 Å². The molecule has 3 nitrogen and oxygen atoms in total. The fourth-order valence-electron chi connectivity index (χ4n) is 3.44. The van der Waals surface area contributed by atoms with Gasteiger partial charge in [-0.25, -0.2) is 0 Å². The number of ketones is 2. The second-order valence-electron chi connectivity index (χ2n) is 6.44. The summed E-state index contributed by atoms with van der Waals surface area (Å²) in [5, 5.41) is 0. The third-order valence-electron chi connectivity index (χ3n) is 4.78. The van der Waals surface area contributed by atoms with Crippen molar-refractivity contribution in [3.8, 4) is 0 Å². The summed E-state index contributed by atoms with van der Waals surface area (Å²) in [7, 11) is 0. The van der Waals surface area contributed by atoms with E-state index in [-0.39, 0.29) is 11.6 Å². The molecular weight excluding hydrogens is 330 g/mol. The summed E-state index contributed by atoms with van der Waals surface area (Å²) in [6.45, 7) is 3.71. The van der Waals surface area contributed by atoms with E-state index in [1.807, 2.05) is 43.3 Å². The van der Waals surface area contributed by atoms with Gasteiger partial charge >= 0.3 is 0 Å². The number of rotatable bonds is 3. The van der Waals surface area contributed by atoms with Crippen molar-refractivity contribution < 1.29 is 9.59 Å². The maximum atomic E-state index is 13.2. The van der Waals surface area contributed by atoms with Gasteiger partial charge in [-0.3, -0.25) is 9.59 Å². The number of likely N-dealkylation sites (tertiary alicyclic amines) is 1. The molecule has 1 heterocycles. The van der Waals surface area contributed by atoms with Crippen LogP contribution in [0.25, 0.3) is 0 Å². The zero-order valence-electron chi connectivity index (χ0n) is 14.1. The normalized spacial score (nSPS) is 17.2. The van der Waals surface area contributed by atoms with Gasteiger partial charge in [-0.2, -0.15) is 0 Å². The number of carbonyl (C=O) groups excluding carboxylic acids is 2. The van der Waals surface area contributed by atoms with Gasteiger partial charge in [-0.05, 0) is 31.4 Å². The van der Waals surface area contributed by atoms with Crippen LogP contribution < -0.4 is 0 Å². The zero-order valence-corrected chi connectivity index (χ0v) is 14.9. The molecule has 2 aromatic rings. The summed E-state index contributed by atoms with van der Waals surface area (Å²) in [4.78, 5) is 30.0. The first-order valence-corrected chi connectivity index (χ1v) is 9.39. The molecule has 126 valence electrons. The number of carbonyl (C=O) groups is 2. The summed E-state index contributed by atoms with van der Waals surface area (Å²) in [6.07, 6.45) is 2.13. The van der Waals surface area contributed by atoms with Crippen molar-refractivity contribution in [2.45, 2.75) is 24.7 Å². The molecule has 1 aliphatic carbocycles. The van der Waals surface area contributed by atoms with Crippen molar-refractivity contribution >= 4 is 23.3 Å². The predicted octanol–water partition coefficient (Wildman–Crippen LogP) is 4.47. The largest absolute Gasteiger partial charge is 0.367 e. The number of allylic oxidation sites excluding steroid dienone is 2. The summed E-state index contributed by atoms with van der Waals surface area (Å²) >= 11 is 1.43. The van der Waals surface area contributed by atoms with Crippen LogP contribution in [-0.2, 0) is 0 Å². The van der Waals surface area contributed by atoms with Crippen LogP contribution in [0.2, 0.25) is 0 Å². The molecule has 0 aromatic heterocycles. The number of thioether (sulfide) groups is 1. The Labute approximate surface area is 151 Å². The molecule has 0 N–H and O–H groups in total. The van der Waals surface area contributed by atoms with Gasteiger partial charge in [-0.1, -0.05) is 54.2 Å². The average molecular weight is 349 g/mol. The Hall–Kier alpha value is -2.33. The Kier molecular flexibility index (Phi) is 4.22. The van der Waals surface area contributed by atoms with Crippen molar-refractivity contribution in [3.05, 3.63) is 75.8 Å². The maximum Gasteiger partial charge on any atom is 0.211 e. The van der Waals surface area contributed by atoms with Crippen LogP contribution >= 0.6 is 11.8 Å². The summed E-state index contributed by atoms with van der Waals surface area (Å²) < 4.78 is 0. The Morgan fingerprint density at radius 2 is 1.44 bits per heavy atom. The van der Waals surface area contributed by atoms with Gasteiger partial charge in [0.15, 0.2) is 0 Å². The predicted molar refractivity (Wildman–Crippen MR) is 100.0 cm³/mol. The van der Waals surface area contributed by atoms with Gasteiger partial charge in [0, 0.05) is 29.1 Å². The van der Waals surface area contributed by atoms with Crippen molar-refractivity contribution in [2.75, 3.05) is 13.1 Å². The van der Waals surface area contributed by atoms with Gasteiger partial charge in [0.05, 0.1) is 4.91 Å². The lowest BCUT2D eigenvalue weighted by molar-refractivity contribution is 0.0954. The molecule has 1 fully saturated rings. The Balaban J connectivity index is 1.85. The lowest BCUT2D eigenvalue weighted by Gasteiger charge is -2.27. The molecule has 1 saturated heterocycles. The molecule has 25 heavy (non-hydrogen) atoms. The van der Waals surface area contributed by atoms with E-state index in [1.54, 1.807) is 12.1 Å². The van der Waals surface area contributed by atoms with Crippen molar-refractivity contribution in [1.29, 1.82) is 0 Å². The minimum atomic E-state index is -0.0367. The van der Waals surface area contributed by atoms with Crippen LogP contribution in [0, 0.1) is 6.92 Å². The topological polar surface area (TPSA) is 37.4 Å². The highest BCUT2D eigenvalue weighted by Gasteiger charge is 2.36. The Morgan fingerprint density at radius 1 is 0.840 bits per heavy atom. The highest BCUT2D eigenvalue weighted by atomic mass is 32.2. The zero-order chi connectivity index (χ0) is 17.4. The number of fused-ring (bicyclic) bond motifs is 1. The SMILES string of the molecule is Cc1ccccc1SC1=C(N2CCCC2)C(=O)c2ccccc2C1=O. The van der Waals surface area contributed by atoms with Crippen LogP contribution in [0.1, 0.15) is 39.1 Å². The van der Waals surface area contributed by atoms with E-state index in [2.05, 4.69) is 4.90 Å². The molecule has 0 atom stereocenters. The third kappa shape index (κ3) is 2.81. The van der Waals surface area contributed by atoms with E-state index in [0.717, 1.165) is 36.4 Å². The van der Waals surface area contributed by atoms with Crippen LogP contribution in [0.5, 0.6) is 0 Å². The smallest absolute Gasteiger partial charge is 0.211 e. The van der Waals surface area contributed by atoms with Crippen LogP contribution in [0.3, 0.4) is 0 Å². The highest BCUT2D eigenvalue weighted by Crippen LogP contribution is 2.40. The van der Waals surface area contributed by atoms with E-state index in [4.69, 9.17) is 0 Å². The van der Waals surface area contributed by atoms with E-state index in [0.29, 0.717) is 21.7 Å². The number of nitrogens with zero attached hydrogens (tertiary/aromatic N) is 1. The molecule has 0 bridgehead atoms. The first-order chi connectivity index (χ1) is 12.2. The molecule has 0 amide bonds. The molecule has 2 aliphatic rings. The number of hydrogen-bond donors (Lipinski definition) is 0. The number of benzene rings is 2. The van der Waals surface area contributed by atoms with Gasteiger partial charge < -0.3 is 4.90 Å². The fourth-order valence-corrected chi connectivity index (χ4v) is 4.56. The lowest BCUT2D eigenvalue weighted by atomic mass is 9.92. The van der Waals surface area contributed by atoms with Gasteiger partial charge in [0.1, 0.15) is 5.70 Å². The van der Waals surface area contributed by atoms with E-state index < -0.39 is 0 Å². The Morgan fingerprint density at radius 3 is 2.12 bits per heavy atom. The molecule has 0 unspecified atom stereocenters. The summed E-state index contributed by atoms with van der Waals surface area (Å²) in [5.41, 5.74) is 2.75. The van der Waals surface area contributed by atoms with Crippen LogP contribution in [0.4, 0.5) is 0 Å². The molecule has 1 aliphatic heterocycles. The number of Topliss-reactive ketones (excluding diaryl/α,β-unsaturated/α-hetero) is 2. The van der Waals surface area contributed by atoms with Crippen LogP contribution in [0.15, 0.2) is 64.0 Å². The van der Waals surface area contributed by atoms with E-state index in [1.165, 1.54) is 11.8 Å². The molecule has 0 radical (unpaired) electrons. The van der Waals surface area contributed by atoms with Crippen LogP contribution in [-0.4, -0.2) is 29.6 Å². The summed E-state index contributed by atoms with van der Waals surface area (Å²) in [6, 6.07) is 15.2. The molecule has 0 saturated carbocycles. The molecule has 0 spiro atoms. The minimum Gasteiger partial charge on any atom is -0.367 e. The van der Waals surface area contributed by atoms with Gasteiger partial charge in [0.25, 0.3) is 0 Å². The quantitative estimate of drug-likeness (QED) is 0.819. The van der Waals surface area contributed by atoms with Gasteiger partial charge in [0.2, 0.25) is 11.6 Å². The second-order valence-corrected chi connectivity index (χ2v) is 7.50. The van der Waals surface area contributed by atoms with Crippen molar-refractivity contribution in [2.24, 2.45) is 0 Å². The Bertz CT molecular complexity index is 894. The molecule has 4 heteroatoms. The minimum absolute atomic E-state index is 0.0202. The molecular formula is C21H19NO2S. The first-order valence-electron chi connectivity index (χ1n) is 8.58. The number of hydrogen-bond acceptors (Lipinski definition) is 4. The molecule has 4 rings (SSSR count). The van der Waals surface area contributed by atoms with Crippen molar-refractivity contribution in [3.63, 3.8) is 0 Å². The standard InChI is InChI=1S/C21H19NO2S/c1-14-8-2-5-11-17(14)25-21-18(22-12-6-7-13-22)19(23)15-9-3-4-10-16(15)20(21)24/h2-5,8-11H,6-7,12-13H2,1H3. The maximum absolute atomic E-state index is 13.2. The number of aryl methyl sites for hydroxylation is 1.